The van der Waals surface area contributed by atoms with Crippen molar-refractivity contribution in [1.29, 1.82) is 0 Å². The third-order valence-corrected chi connectivity index (χ3v) is 3.95. The number of pyridine rings is 2. The second kappa shape index (κ2) is 5.90. The lowest BCUT2D eigenvalue weighted by Crippen LogP contribution is -2.18. The van der Waals surface area contributed by atoms with Gasteiger partial charge in [0.1, 0.15) is 11.6 Å². The van der Waals surface area contributed by atoms with Crippen molar-refractivity contribution in [1.82, 2.24) is 15.0 Å². The number of aromatic nitrogens is 3. The topological polar surface area (TPSA) is 76.8 Å². The van der Waals surface area contributed by atoms with Crippen molar-refractivity contribution in [2.75, 3.05) is 6.61 Å². The largest absolute Gasteiger partial charge is 0.470 e. The molecule has 6 heteroatoms. The molecule has 118 valence electrons. The zero-order chi connectivity index (χ0) is 16.5. The fraction of sp³-hybridized carbons (Fsp3) is 0.0556. The Hall–Kier alpha value is -2.99. The van der Waals surface area contributed by atoms with Crippen LogP contribution < -0.4 is 10.5 Å². The Morgan fingerprint density at radius 3 is 2.71 bits per heavy atom. The van der Waals surface area contributed by atoms with Crippen LogP contribution in [0.25, 0.3) is 32.9 Å². The van der Waals surface area contributed by atoms with E-state index in [1.54, 1.807) is 12.4 Å². The maximum absolute atomic E-state index is 5.42. The van der Waals surface area contributed by atoms with Crippen molar-refractivity contribution < 1.29 is 4.74 Å². The van der Waals surface area contributed by atoms with Gasteiger partial charge < -0.3 is 15.5 Å². The molecule has 0 unspecified atom stereocenters. The highest BCUT2D eigenvalue weighted by atomic mass is 32.1. The van der Waals surface area contributed by atoms with Gasteiger partial charge in [-0.2, -0.15) is 0 Å². The fourth-order valence-corrected chi connectivity index (χ4v) is 2.77. The molecular weight excluding hydrogens is 320 g/mol. The number of rotatable bonds is 4. The number of hydrogen-bond acceptors (Lipinski definition) is 4. The van der Waals surface area contributed by atoms with Crippen LogP contribution in [0.2, 0.25) is 0 Å². The lowest BCUT2D eigenvalue weighted by atomic mass is 10.1. The molecule has 0 aliphatic rings. The normalized spacial score (nSPS) is 11.0. The Balaban J connectivity index is 1.68. The summed E-state index contributed by atoms with van der Waals surface area (Å²) in [5.74, 6) is 0.504. The Morgan fingerprint density at radius 2 is 1.92 bits per heavy atom. The van der Waals surface area contributed by atoms with Crippen LogP contribution in [-0.4, -0.2) is 26.5 Å². The van der Waals surface area contributed by atoms with Gasteiger partial charge in [0.15, 0.2) is 0 Å². The van der Waals surface area contributed by atoms with Gasteiger partial charge in [-0.05, 0) is 23.8 Å². The molecular formula is C18H14N4OS. The van der Waals surface area contributed by atoms with Gasteiger partial charge in [-0.1, -0.05) is 24.4 Å². The lowest BCUT2D eigenvalue weighted by Gasteiger charge is -2.05. The molecule has 3 N–H and O–H groups in total. The van der Waals surface area contributed by atoms with E-state index in [9.17, 15) is 0 Å². The first-order valence-corrected chi connectivity index (χ1v) is 7.84. The number of nitrogens with zero attached hydrogens (tertiary/aromatic N) is 2. The zero-order valence-corrected chi connectivity index (χ0v) is 13.5. The van der Waals surface area contributed by atoms with Crippen LogP contribution >= 0.6 is 12.2 Å². The molecule has 4 rings (SSSR count). The molecule has 3 heterocycles. The second-order valence-corrected chi connectivity index (χ2v) is 5.97. The monoisotopic (exact) mass is 334 g/mol. The minimum atomic E-state index is 0.191. The Morgan fingerprint density at radius 1 is 1.04 bits per heavy atom. The fourth-order valence-electron chi connectivity index (χ4n) is 2.71. The zero-order valence-electron chi connectivity index (χ0n) is 12.7. The van der Waals surface area contributed by atoms with E-state index in [1.807, 2.05) is 24.4 Å². The van der Waals surface area contributed by atoms with Crippen LogP contribution in [0, 0.1) is 0 Å². The predicted octanol–water partition coefficient (Wildman–Crippen LogP) is 3.44. The molecule has 0 saturated carbocycles. The minimum absolute atomic E-state index is 0.191. The smallest absolute Gasteiger partial charge is 0.213 e. The molecule has 0 spiro atoms. The van der Waals surface area contributed by atoms with Crippen LogP contribution in [0.3, 0.4) is 0 Å². The number of H-pyrrole nitrogens is 1. The molecule has 1 aromatic carbocycles. The molecule has 0 radical (unpaired) electrons. The average Bonchev–Trinajstić information content (AvgIpc) is 2.98. The van der Waals surface area contributed by atoms with E-state index in [2.05, 4.69) is 33.2 Å². The van der Waals surface area contributed by atoms with Gasteiger partial charge in [-0.3, -0.25) is 4.98 Å². The van der Waals surface area contributed by atoms with E-state index in [4.69, 9.17) is 22.7 Å². The predicted molar refractivity (Wildman–Crippen MR) is 99.1 cm³/mol. The molecule has 5 nitrogen and oxygen atoms in total. The minimum Gasteiger partial charge on any atom is -0.470 e. The van der Waals surface area contributed by atoms with Crippen molar-refractivity contribution in [2.45, 2.75) is 0 Å². The van der Waals surface area contributed by atoms with E-state index in [1.165, 1.54) is 0 Å². The first kappa shape index (κ1) is 14.6. The Kier molecular flexibility index (Phi) is 3.59. The molecule has 0 saturated heterocycles. The molecule has 4 aromatic rings. The molecule has 0 amide bonds. The van der Waals surface area contributed by atoms with Gasteiger partial charge in [0.2, 0.25) is 5.88 Å². The molecule has 0 aliphatic carbocycles. The summed E-state index contributed by atoms with van der Waals surface area (Å²) in [5, 5.41) is 2.28. The molecule has 0 atom stereocenters. The standard InChI is InChI=1S/C18H14N4OS/c19-17(24)10-23-18-4-2-12(8-21-18)11-1-3-13-14-9-20-6-5-15(14)22-16(13)7-11/h1-9,22H,10H2,(H2,19,24). The summed E-state index contributed by atoms with van der Waals surface area (Å²) < 4.78 is 5.38. The Bertz CT molecular complexity index is 1040. The average molecular weight is 334 g/mol. The third kappa shape index (κ3) is 2.68. The van der Waals surface area contributed by atoms with Crippen LogP contribution in [0.15, 0.2) is 55.0 Å². The van der Waals surface area contributed by atoms with Gasteiger partial charge in [0.05, 0.1) is 0 Å². The number of ether oxygens (including phenoxy) is 1. The molecule has 0 aliphatic heterocycles. The van der Waals surface area contributed by atoms with E-state index in [0.717, 1.165) is 32.9 Å². The Labute approximate surface area is 143 Å². The molecule has 0 bridgehead atoms. The highest BCUT2D eigenvalue weighted by Crippen LogP contribution is 2.29. The van der Waals surface area contributed by atoms with Crippen LogP contribution in [0.4, 0.5) is 0 Å². The summed E-state index contributed by atoms with van der Waals surface area (Å²) in [6.07, 6.45) is 5.44. The van der Waals surface area contributed by atoms with Crippen molar-refractivity contribution >= 4 is 39.0 Å². The van der Waals surface area contributed by atoms with Gasteiger partial charge in [0.25, 0.3) is 0 Å². The highest BCUT2D eigenvalue weighted by molar-refractivity contribution is 7.80. The third-order valence-electron chi connectivity index (χ3n) is 3.83. The quantitative estimate of drug-likeness (QED) is 0.559. The highest BCUT2D eigenvalue weighted by Gasteiger charge is 2.06. The van der Waals surface area contributed by atoms with E-state index in [0.29, 0.717) is 10.9 Å². The summed E-state index contributed by atoms with van der Waals surface area (Å²) in [6, 6.07) is 12.0. The van der Waals surface area contributed by atoms with E-state index < -0.39 is 0 Å². The van der Waals surface area contributed by atoms with Crippen molar-refractivity contribution in [2.24, 2.45) is 5.73 Å². The number of nitrogens with one attached hydrogen (secondary N) is 1. The SMILES string of the molecule is NC(=S)COc1ccc(-c2ccc3c(c2)[nH]c2ccncc23)cn1. The van der Waals surface area contributed by atoms with Crippen LogP contribution in [-0.2, 0) is 0 Å². The van der Waals surface area contributed by atoms with E-state index in [-0.39, 0.29) is 6.61 Å². The number of benzene rings is 1. The second-order valence-electron chi connectivity index (χ2n) is 5.45. The van der Waals surface area contributed by atoms with Gasteiger partial charge in [-0.25, -0.2) is 4.98 Å². The number of thiocarbonyl (C=S) groups is 1. The van der Waals surface area contributed by atoms with Crippen molar-refractivity contribution in [3.05, 3.63) is 55.0 Å². The molecule has 0 fully saturated rings. The first-order chi connectivity index (χ1) is 11.7. The summed E-state index contributed by atoms with van der Waals surface area (Å²) in [6.45, 7) is 0.191. The van der Waals surface area contributed by atoms with Gasteiger partial charge >= 0.3 is 0 Å². The maximum atomic E-state index is 5.42. The number of aromatic amines is 1. The first-order valence-electron chi connectivity index (χ1n) is 7.44. The van der Waals surface area contributed by atoms with Crippen molar-refractivity contribution in [3.8, 4) is 17.0 Å². The van der Waals surface area contributed by atoms with Crippen LogP contribution in [0.5, 0.6) is 5.88 Å². The van der Waals surface area contributed by atoms with Gasteiger partial charge in [0, 0.05) is 52.0 Å². The van der Waals surface area contributed by atoms with Crippen molar-refractivity contribution in [3.63, 3.8) is 0 Å². The van der Waals surface area contributed by atoms with Crippen LogP contribution in [0.1, 0.15) is 0 Å². The summed E-state index contributed by atoms with van der Waals surface area (Å²) in [7, 11) is 0. The maximum Gasteiger partial charge on any atom is 0.213 e. The number of hydrogen-bond donors (Lipinski definition) is 2. The van der Waals surface area contributed by atoms with Gasteiger partial charge in [-0.15, -0.1) is 0 Å². The lowest BCUT2D eigenvalue weighted by molar-refractivity contribution is 0.362. The molecule has 24 heavy (non-hydrogen) atoms. The summed E-state index contributed by atoms with van der Waals surface area (Å²) >= 11 is 4.79. The van der Waals surface area contributed by atoms with E-state index >= 15 is 0 Å². The number of fused-ring (bicyclic) bond motifs is 3. The number of nitrogens with two attached hydrogens (primary N) is 1. The molecule has 3 aromatic heterocycles. The summed E-state index contributed by atoms with van der Waals surface area (Å²) in [4.78, 5) is 12.2. The summed E-state index contributed by atoms with van der Waals surface area (Å²) in [5.41, 5.74) is 9.66.